The fourth-order valence-electron chi connectivity index (χ4n) is 1.88. The van der Waals surface area contributed by atoms with Crippen molar-refractivity contribution in [3.63, 3.8) is 0 Å². The van der Waals surface area contributed by atoms with Gasteiger partial charge in [0.1, 0.15) is 12.4 Å². The van der Waals surface area contributed by atoms with Gasteiger partial charge in [-0.3, -0.25) is 4.79 Å². The van der Waals surface area contributed by atoms with E-state index in [1.807, 2.05) is 6.92 Å². The molecule has 0 bridgehead atoms. The number of aryl methyl sites for hydroxylation is 1. The summed E-state index contributed by atoms with van der Waals surface area (Å²) in [4.78, 5) is 12.2. The third kappa shape index (κ3) is 4.21. The van der Waals surface area contributed by atoms with Gasteiger partial charge in [0, 0.05) is 16.3 Å². The molecule has 5 heteroatoms. The SMILES string of the molecule is Cc1cc(Cl)ccc1C(=O)Nc1ccc(OCCO)cc1. The van der Waals surface area contributed by atoms with Gasteiger partial charge < -0.3 is 15.2 Å². The lowest BCUT2D eigenvalue weighted by Crippen LogP contribution is -2.13. The fraction of sp³-hybridized carbons (Fsp3) is 0.188. The highest BCUT2D eigenvalue weighted by molar-refractivity contribution is 6.30. The van der Waals surface area contributed by atoms with Crippen molar-refractivity contribution in [1.29, 1.82) is 0 Å². The van der Waals surface area contributed by atoms with Crippen LogP contribution in [0.4, 0.5) is 5.69 Å². The maximum absolute atomic E-state index is 12.2. The van der Waals surface area contributed by atoms with Gasteiger partial charge in [0.2, 0.25) is 0 Å². The Bertz CT molecular complexity index is 626. The van der Waals surface area contributed by atoms with E-state index in [1.165, 1.54) is 0 Å². The fourth-order valence-corrected chi connectivity index (χ4v) is 2.10. The zero-order valence-electron chi connectivity index (χ0n) is 11.6. The van der Waals surface area contributed by atoms with Crippen LogP contribution in [0.25, 0.3) is 0 Å². The van der Waals surface area contributed by atoms with E-state index < -0.39 is 0 Å². The number of rotatable bonds is 5. The molecule has 0 aromatic heterocycles. The molecule has 2 N–H and O–H groups in total. The first-order chi connectivity index (χ1) is 10.1. The van der Waals surface area contributed by atoms with Crippen LogP contribution < -0.4 is 10.1 Å². The first kappa shape index (κ1) is 15.4. The van der Waals surface area contributed by atoms with Gasteiger partial charge in [0.15, 0.2) is 0 Å². The van der Waals surface area contributed by atoms with Gasteiger partial charge in [0.25, 0.3) is 5.91 Å². The number of carbonyl (C=O) groups is 1. The van der Waals surface area contributed by atoms with E-state index in [1.54, 1.807) is 42.5 Å². The number of nitrogens with one attached hydrogen (secondary N) is 1. The Morgan fingerprint density at radius 1 is 1.24 bits per heavy atom. The molecule has 2 aromatic rings. The number of benzene rings is 2. The average molecular weight is 306 g/mol. The summed E-state index contributed by atoms with van der Waals surface area (Å²) in [5.41, 5.74) is 2.08. The van der Waals surface area contributed by atoms with Gasteiger partial charge in [-0.05, 0) is 55.0 Å². The minimum absolute atomic E-state index is 0.0334. The van der Waals surface area contributed by atoms with Crippen molar-refractivity contribution in [3.05, 3.63) is 58.6 Å². The minimum Gasteiger partial charge on any atom is -0.491 e. The maximum Gasteiger partial charge on any atom is 0.255 e. The van der Waals surface area contributed by atoms with E-state index >= 15 is 0 Å². The number of aliphatic hydroxyl groups is 1. The maximum atomic E-state index is 12.2. The molecular weight excluding hydrogens is 290 g/mol. The zero-order chi connectivity index (χ0) is 15.2. The molecule has 0 atom stereocenters. The summed E-state index contributed by atoms with van der Waals surface area (Å²) in [6, 6.07) is 12.1. The number of anilines is 1. The van der Waals surface area contributed by atoms with Gasteiger partial charge in [-0.25, -0.2) is 0 Å². The largest absolute Gasteiger partial charge is 0.491 e. The van der Waals surface area contributed by atoms with Gasteiger partial charge >= 0.3 is 0 Å². The van der Waals surface area contributed by atoms with Crippen molar-refractivity contribution in [2.75, 3.05) is 18.5 Å². The molecule has 0 radical (unpaired) electrons. The molecule has 21 heavy (non-hydrogen) atoms. The number of aliphatic hydroxyl groups excluding tert-OH is 1. The Balaban J connectivity index is 2.05. The standard InChI is InChI=1S/C16H16ClNO3/c1-11-10-12(17)2-7-15(11)16(20)18-13-3-5-14(6-4-13)21-9-8-19/h2-7,10,19H,8-9H2,1H3,(H,18,20). The molecule has 1 amide bonds. The molecule has 4 nitrogen and oxygen atoms in total. The van der Waals surface area contributed by atoms with E-state index in [-0.39, 0.29) is 19.1 Å². The first-order valence-electron chi connectivity index (χ1n) is 6.51. The van der Waals surface area contributed by atoms with Gasteiger partial charge in [0.05, 0.1) is 6.61 Å². The van der Waals surface area contributed by atoms with Gasteiger partial charge in [-0.15, -0.1) is 0 Å². The second kappa shape index (κ2) is 7.11. The molecule has 0 saturated carbocycles. The quantitative estimate of drug-likeness (QED) is 0.891. The summed E-state index contributed by atoms with van der Waals surface area (Å²) in [5, 5.41) is 12.1. The second-order valence-corrected chi connectivity index (χ2v) is 4.95. The van der Waals surface area contributed by atoms with Crippen molar-refractivity contribution < 1.29 is 14.6 Å². The Kier molecular flexibility index (Phi) is 5.20. The lowest BCUT2D eigenvalue weighted by atomic mass is 10.1. The summed E-state index contributed by atoms with van der Waals surface area (Å²) < 4.78 is 5.25. The van der Waals surface area contributed by atoms with Crippen LogP contribution in [0.5, 0.6) is 5.75 Å². The van der Waals surface area contributed by atoms with E-state index in [9.17, 15) is 4.79 Å². The van der Waals surface area contributed by atoms with Crippen molar-refractivity contribution in [3.8, 4) is 5.75 Å². The Morgan fingerprint density at radius 3 is 2.57 bits per heavy atom. The topological polar surface area (TPSA) is 58.6 Å². The van der Waals surface area contributed by atoms with E-state index in [0.717, 1.165) is 5.56 Å². The predicted molar refractivity (Wildman–Crippen MR) is 83.2 cm³/mol. The van der Waals surface area contributed by atoms with Crippen LogP contribution in [0.15, 0.2) is 42.5 Å². The zero-order valence-corrected chi connectivity index (χ0v) is 12.4. The van der Waals surface area contributed by atoms with Crippen LogP contribution in [0.3, 0.4) is 0 Å². The van der Waals surface area contributed by atoms with Crippen molar-refractivity contribution in [2.24, 2.45) is 0 Å². The number of halogens is 1. The van der Waals surface area contributed by atoms with Crippen molar-refractivity contribution in [1.82, 2.24) is 0 Å². The third-order valence-electron chi connectivity index (χ3n) is 2.91. The second-order valence-electron chi connectivity index (χ2n) is 4.51. The molecule has 0 aliphatic rings. The van der Waals surface area contributed by atoms with E-state index in [4.69, 9.17) is 21.4 Å². The lowest BCUT2D eigenvalue weighted by Gasteiger charge is -2.09. The monoisotopic (exact) mass is 305 g/mol. The molecular formula is C16H16ClNO3. The molecule has 2 rings (SSSR count). The molecule has 0 saturated heterocycles. The number of amides is 1. The molecule has 0 aliphatic carbocycles. The van der Waals surface area contributed by atoms with Crippen LogP contribution in [-0.2, 0) is 0 Å². The Hall–Kier alpha value is -2.04. The van der Waals surface area contributed by atoms with E-state index in [0.29, 0.717) is 22.0 Å². The smallest absolute Gasteiger partial charge is 0.255 e. The Morgan fingerprint density at radius 2 is 1.95 bits per heavy atom. The Labute approximate surface area is 128 Å². The summed E-state index contributed by atoms with van der Waals surface area (Å²) >= 11 is 5.88. The molecule has 0 heterocycles. The third-order valence-corrected chi connectivity index (χ3v) is 3.14. The van der Waals surface area contributed by atoms with Crippen LogP contribution >= 0.6 is 11.6 Å². The first-order valence-corrected chi connectivity index (χ1v) is 6.89. The van der Waals surface area contributed by atoms with Gasteiger partial charge in [-0.1, -0.05) is 11.6 Å². The van der Waals surface area contributed by atoms with E-state index in [2.05, 4.69) is 5.32 Å². The molecule has 0 spiro atoms. The predicted octanol–water partition coefficient (Wildman–Crippen LogP) is 3.27. The van der Waals surface area contributed by atoms with Crippen LogP contribution in [0.2, 0.25) is 5.02 Å². The van der Waals surface area contributed by atoms with Crippen molar-refractivity contribution in [2.45, 2.75) is 6.92 Å². The molecule has 0 aliphatic heterocycles. The summed E-state index contributed by atoms with van der Waals surface area (Å²) in [5.74, 6) is 0.456. The number of hydrogen-bond donors (Lipinski definition) is 2. The molecule has 0 unspecified atom stereocenters. The van der Waals surface area contributed by atoms with Crippen LogP contribution in [0.1, 0.15) is 15.9 Å². The highest BCUT2D eigenvalue weighted by Crippen LogP contribution is 2.19. The lowest BCUT2D eigenvalue weighted by molar-refractivity contribution is 0.102. The number of carbonyl (C=O) groups excluding carboxylic acids is 1. The number of ether oxygens (including phenoxy) is 1. The normalized spacial score (nSPS) is 10.2. The minimum atomic E-state index is -0.187. The molecule has 110 valence electrons. The van der Waals surface area contributed by atoms with Crippen LogP contribution in [-0.4, -0.2) is 24.2 Å². The van der Waals surface area contributed by atoms with Crippen molar-refractivity contribution >= 4 is 23.2 Å². The highest BCUT2D eigenvalue weighted by Gasteiger charge is 2.09. The summed E-state index contributed by atoms with van der Waals surface area (Å²) in [6.45, 7) is 2.05. The van der Waals surface area contributed by atoms with Crippen LogP contribution in [0, 0.1) is 6.92 Å². The highest BCUT2D eigenvalue weighted by atomic mass is 35.5. The molecule has 0 fully saturated rings. The van der Waals surface area contributed by atoms with Gasteiger partial charge in [-0.2, -0.15) is 0 Å². The summed E-state index contributed by atoms with van der Waals surface area (Å²) in [7, 11) is 0. The summed E-state index contributed by atoms with van der Waals surface area (Å²) in [6.07, 6.45) is 0. The molecule has 2 aromatic carbocycles. The number of hydrogen-bond acceptors (Lipinski definition) is 3. The average Bonchev–Trinajstić information content (AvgIpc) is 2.46.